The van der Waals surface area contributed by atoms with Gasteiger partial charge < -0.3 is 9.62 Å². The molecule has 0 radical (unpaired) electrons. The number of rotatable bonds is 5. The maximum Gasteiger partial charge on any atom is 0.301 e. The number of hydrogen-bond donors (Lipinski definition) is 0. The van der Waals surface area contributed by atoms with E-state index in [0.717, 1.165) is 12.4 Å². The molecule has 0 aromatic carbocycles. The van der Waals surface area contributed by atoms with Crippen LogP contribution in [0.2, 0.25) is 0 Å². The SMILES string of the molecule is C/[N+]([O-])=C/c1cnc(S(=O)CCC(F)=C(F)F)o1. The van der Waals surface area contributed by atoms with E-state index in [2.05, 4.69) is 4.98 Å². The Kier molecular flexibility index (Phi) is 5.08. The fourth-order valence-corrected chi connectivity index (χ4v) is 1.88. The molecule has 0 amide bonds. The van der Waals surface area contributed by atoms with Crippen LogP contribution in [0, 0.1) is 5.21 Å². The Labute approximate surface area is 103 Å². The maximum atomic E-state index is 12.5. The first-order valence-corrected chi connectivity index (χ1v) is 6.00. The number of hydrogen-bond acceptors (Lipinski definition) is 4. The second-order valence-corrected chi connectivity index (χ2v) is 4.62. The Hall–Kier alpha value is -1.64. The van der Waals surface area contributed by atoms with Gasteiger partial charge in [-0.3, -0.25) is 0 Å². The zero-order valence-electron chi connectivity index (χ0n) is 9.23. The third kappa shape index (κ3) is 4.32. The lowest BCUT2D eigenvalue weighted by atomic mass is 10.4. The lowest BCUT2D eigenvalue weighted by molar-refractivity contribution is -0.417. The molecule has 0 aliphatic carbocycles. The minimum atomic E-state index is -2.43. The van der Waals surface area contributed by atoms with Gasteiger partial charge in [-0.25, -0.2) is 18.3 Å². The van der Waals surface area contributed by atoms with Crippen molar-refractivity contribution in [2.75, 3.05) is 12.8 Å². The number of allylic oxidation sites excluding steroid dienone is 1. The molecular weight excluding hydrogens is 273 g/mol. The van der Waals surface area contributed by atoms with Crippen molar-refractivity contribution >= 4 is 17.0 Å². The van der Waals surface area contributed by atoms with Gasteiger partial charge in [0.1, 0.15) is 17.8 Å². The third-order valence-corrected chi connectivity index (χ3v) is 2.87. The molecule has 1 rings (SSSR count). The lowest BCUT2D eigenvalue weighted by Gasteiger charge is -1.95. The number of nitrogens with zero attached hydrogens (tertiary/aromatic N) is 2. The summed E-state index contributed by atoms with van der Waals surface area (Å²) in [6, 6.07) is 0. The summed E-state index contributed by atoms with van der Waals surface area (Å²) in [6.45, 7) is 0. The van der Waals surface area contributed by atoms with Crippen LogP contribution < -0.4 is 0 Å². The normalized spacial score (nSPS) is 13.4. The van der Waals surface area contributed by atoms with Crippen LogP contribution in [0.15, 0.2) is 27.7 Å². The molecule has 1 aromatic heterocycles. The molecule has 0 saturated heterocycles. The molecule has 5 nitrogen and oxygen atoms in total. The number of hydroxylamine groups is 1. The Morgan fingerprint density at radius 2 is 2.28 bits per heavy atom. The average Bonchev–Trinajstić information content (AvgIpc) is 2.72. The average molecular weight is 282 g/mol. The summed E-state index contributed by atoms with van der Waals surface area (Å²) in [5.41, 5.74) is 0. The van der Waals surface area contributed by atoms with Crippen LogP contribution >= 0.6 is 0 Å². The van der Waals surface area contributed by atoms with Crippen LogP contribution in [0.25, 0.3) is 0 Å². The van der Waals surface area contributed by atoms with E-state index < -0.39 is 29.1 Å². The van der Waals surface area contributed by atoms with Crippen molar-refractivity contribution in [3.05, 3.63) is 29.1 Å². The maximum absolute atomic E-state index is 12.5. The summed E-state index contributed by atoms with van der Waals surface area (Å²) in [7, 11) is -0.629. The molecule has 1 heterocycles. The molecule has 100 valence electrons. The van der Waals surface area contributed by atoms with E-state index in [1.54, 1.807) is 0 Å². The highest BCUT2D eigenvalue weighted by Crippen LogP contribution is 2.15. The molecule has 1 atom stereocenters. The second-order valence-electron chi connectivity index (χ2n) is 3.17. The summed E-state index contributed by atoms with van der Waals surface area (Å²) in [6.07, 6.45) is -0.891. The van der Waals surface area contributed by atoms with Gasteiger partial charge in [0.15, 0.2) is 5.83 Å². The van der Waals surface area contributed by atoms with Gasteiger partial charge in [0.2, 0.25) is 12.0 Å². The van der Waals surface area contributed by atoms with Crippen LogP contribution in [-0.2, 0) is 10.8 Å². The van der Waals surface area contributed by atoms with Gasteiger partial charge in [-0.15, -0.1) is 0 Å². The van der Waals surface area contributed by atoms with Crippen LogP contribution in [-0.4, -0.2) is 32.9 Å². The number of halogens is 3. The van der Waals surface area contributed by atoms with Gasteiger partial charge in [0.05, 0.1) is 6.20 Å². The predicted molar refractivity (Wildman–Crippen MR) is 57.5 cm³/mol. The Morgan fingerprint density at radius 3 is 2.83 bits per heavy atom. The zero-order valence-corrected chi connectivity index (χ0v) is 10.0. The van der Waals surface area contributed by atoms with E-state index in [4.69, 9.17) is 4.42 Å². The van der Waals surface area contributed by atoms with Gasteiger partial charge in [0, 0.05) is 12.2 Å². The van der Waals surface area contributed by atoms with E-state index in [9.17, 15) is 22.6 Å². The van der Waals surface area contributed by atoms with E-state index in [0.29, 0.717) is 4.74 Å². The Bertz CT molecular complexity index is 505. The number of oxazole rings is 1. The first-order valence-electron chi connectivity index (χ1n) is 4.69. The smallest absolute Gasteiger partial charge is 0.301 e. The van der Waals surface area contributed by atoms with Crippen molar-refractivity contribution in [1.29, 1.82) is 0 Å². The molecule has 0 bridgehead atoms. The van der Waals surface area contributed by atoms with Gasteiger partial charge in [-0.1, -0.05) is 0 Å². The lowest BCUT2D eigenvalue weighted by Crippen LogP contribution is -1.99. The fourth-order valence-electron chi connectivity index (χ4n) is 0.978. The second kappa shape index (κ2) is 6.34. The largest absolute Gasteiger partial charge is 0.624 e. The minimum absolute atomic E-state index is 0.0727. The monoisotopic (exact) mass is 282 g/mol. The van der Waals surface area contributed by atoms with Crippen molar-refractivity contribution in [2.45, 2.75) is 11.6 Å². The van der Waals surface area contributed by atoms with Gasteiger partial charge in [-0.2, -0.15) is 8.78 Å². The molecule has 18 heavy (non-hydrogen) atoms. The molecule has 1 aromatic rings. The Morgan fingerprint density at radius 1 is 1.61 bits per heavy atom. The zero-order chi connectivity index (χ0) is 13.7. The summed E-state index contributed by atoms with van der Waals surface area (Å²) in [5.74, 6) is -1.92. The third-order valence-electron chi connectivity index (χ3n) is 1.72. The minimum Gasteiger partial charge on any atom is -0.624 e. The quantitative estimate of drug-likeness (QED) is 0.357. The molecule has 1 unspecified atom stereocenters. The summed E-state index contributed by atoms with van der Waals surface area (Å²) in [5, 5.41) is 10.4. The van der Waals surface area contributed by atoms with Crippen LogP contribution in [0.4, 0.5) is 13.2 Å². The molecule has 0 saturated carbocycles. The Balaban J connectivity index is 2.66. The van der Waals surface area contributed by atoms with Crippen molar-refractivity contribution in [3.63, 3.8) is 0 Å². The van der Waals surface area contributed by atoms with Gasteiger partial charge in [-0.05, 0) is 0 Å². The molecule has 9 heteroatoms. The summed E-state index contributed by atoms with van der Waals surface area (Å²) < 4.78 is 52.8. The highest BCUT2D eigenvalue weighted by molar-refractivity contribution is 7.84. The molecule has 0 spiro atoms. The van der Waals surface area contributed by atoms with Crippen molar-refractivity contribution in [2.24, 2.45) is 0 Å². The molecule has 0 N–H and O–H groups in total. The van der Waals surface area contributed by atoms with Crippen LogP contribution in [0.1, 0.15) is 12.2 Å². The van der Waals surface area contributed by atoms with E-state index in [1.165, 1.54) is 7.05 Å². The number of aromatic nitrogens is 1. The molecule has 0 aliphatic heterocycles. The first-order chi connectivity index (χ1) is 8.40. The fraction of sp³-hybridized carbons (Fsp3) is 0.333. The van der Waals surface area contributed by atoms with Crippen molar-refractivity contribution < 1.29 is 26.5 Å². The van der Waals surface area contributed by atoms with Gasteiger partial charge in [0.25, 0.3) is 5.22 Å². The highest BCUT2D eigenvalue weighted by atomic mass is 32.2. The highest BCUT2D eigenvalue weighted by Gasteiger charge is 2.14. The molecule has 0 aliphatic rings. The van der Waals surface area contributed by atoms with Crippen LogP contribution in [0.3, 0.4) is 0 Å². The molecule has 0 fully saturated rings. The summed E-state index contributed by atoms with van der Waals surface area (Å²) in [4.78, 5) is 3.60. The first kappa shape index (κ1) is 14.4. The van der Waals surface area contributed by atoms with E-state index in [-0.39, 0.29) is 16.7 Å². The summed E-state index contributed by atoms with van der Waals surface area (Å²) >= 11 is 0. The van der Waals surface area contributed by atoms with Gasteiger partial charge >= 0.3 is 6.08 Å². The molecular formula is C9H9F3N2O3S. The predicted octanol–water partition coefficient (Wildman–Crippen LogP) is 1.81. The van der Waals surface area contributed by atoms with Crippen LogP contribution in [0.5, 0.6) is 0 Å². The van der Waals surface area contributed by atoms with Crippen molar-refractivity contribution in [1.82, 2.24) is 4.98 Å². The van der Waals surface area contributed by atoms with E-state index >= 15 is 0 Å². The van der Waals surface area contributed by atoms with Crippen molar-refractivity contribution in [3.8, 4) is 0 Å². The standard InChI is InChI=1S/C9H9F3N2O3S/c1-14(15)5-6-4-13-9(17-6)18(16)3-2-7(10)8(11)12/h4-5H,2-3H2,1H3/b14-5-. The van der Waals surface area contributed by atoms with E-state index in [1.807, 2.05) is 0 Å². The topological polar surface area (TPSA) is 69.2 Å².